The fourth-order valence-electron chi connectivity index (χ4n) is 2.04. The zero-order valence-corrected chi connectivity index (χ0v) is 12.9. The Balaban J connectivity index is 2.30. The number of benzene rings is 1. The van der Waals surface area contributed by atoms with Crippen LogP contribution in [0.1, 0.15) is 35.7 Å². The largest absolute Gasteiger partial charge is 0.444 e. The van der Waals surface area contributed by atoms with Crippen LogP contribution in [0, 0.1) is 13.8 Å². The molecule has 1 heterocycles. The standard InChI is InChI=1S/C14H18N2O4S/c1-9-7-15-14(20-9)11(3)16-21(18,19)13-6-4-5-12(8-17)10(13)2/h4-7,11,16-17H,8H2,1-3H3. The van der Waals surface area contributed by atoms with Crippen LogP contribution in [-0.2, 0) is 16.6 Å². The molecule has 0 aliphatic carbocycles. The van der Waals surface area contributed by atoms with E-state index in [1.165, 1.54) is 12.3 Å². The van der Waals surface area contributed by atoms with Gasteiger partial charge in [0.1, 0.15) is 5.76 Å². The average Bonchev–Trinajstić information content (AvgIpc) is 2.85. The maximum atomic E-state index is 12.4. The average molecular weight is 310 g/mol. The molecule has 0 aliphatic heterocycles. The van der Waals surface area contributed by atoms with Crippen molar-refractivity contribution in [2.45, 2.75) is 38.3 Å². The summed E-state index contributed by atoms with van der Waals surface area (Å²) in [6.07, 6.45) is 1.54. The maximum Gasteiger partial charge on any atom is 0.241 e. The zero-order chi connectivity index (χ0) is 15.6. The molecule has 1 unspecified atom stereocenters. The Bertz CT molecular complexity index is 737. The summed E-state index contributed by atoms with van der Waals surface area (Å²) in [7, 11) is -3.72. The molecule has 0 fully saturated rings. The lowest BCUT2D eigenvalue weighted by molar-refractivity contribution is 0.280. The minimum Gasteiger partial charge on any atom is -0.444 e. The smallest absolute Gasteiger partial charge is 0.241 e. The van der Waals surface area contributed by atoms with Gasteiger partial charge in [0.15, 0.2) is 0 Å². The summed E-state index contributed by atoms with van der Waals surface area (Å²) in [5.74, 6) is 0.932. The van der Waals surface area contributed by atoms with Gasteiger partial charge < -0.3 is 9.52 Å². The number of hydrogen-bond acceptors (Lipinski definition) is 5. The Labute approximate surface area is 123 Å². The van der Waals surface area contributed by atoms with Gasteiger partial charge in [0.25, 0.3) is 0 Å². The van der Waals surface area contributed by atoms with Gasteiger partial charge in [-0.15, -0.1) is 0 Å². The molecule has 0 amide bonds. The summed E-state index contributed by atoms with van der Waals surface area (Å²) in [6.45, 7) is 4.87. The monoisotopic (exact) mass is 310 g/mol. The van der Waals surface area contributed by atoms with Crippen LogP contribution in [0.15, 0.2) is 33.7 Å². The van der Waals surface area contributed by atoms with Crippen molar-refractivity contribution in [1.29, 1.82) is 0 Å². The molecule has 1 aromatic carbocycles. The van der Waals surface area contributed by atoms with Crippen LogP contribution in [0.25, 0.3) is 0 Å². The number of oxazole rings is 1. The van der Waals surface area contributed by atoms with Crippen LogP contribution < -0.4 is 4.72 Å². The minimum absolute atomic E-state index is 0.143. The molecule has 0 radical (unpaired) electrons. The van der Waals surface area contributed by atoms with Gasteiger partial charge >= 0.3 is 0 Å². The first-order valence-corrected chi connectivity index (χ1v) is 7.97. The van der Waals surface area contributed by atoms with Gasteiger partial charge in [-0.3, -0.25) is 0 Å². The number of aryl methyl sites for hydroxylation is 1. The van der Waals surface area contributed by atoms with Crippen molar-refractivity contribution in [2.24, 2.45) is 0 Å². The van der Waals surface area contributed by atoms with Crippen molar-refractivity contribution in [3.05, 3.63) is 47.2 Å². The van der Waals surface area contributed by atoms with Gasteiger partial charge in [0.2, 0.25) is 15.9 Å². The predicted molar refractivity (Wildman–Crippen MR) is 77.1 cm³/mol. The first-order chi connectivity index (χ1) is 9.85. The third kappa shape index (κ3) is 3.31. The normalized spacial score (nSPS) is 13.3. The number of nitrogens with zero attached hydrogens (tertiary/aromatic N) is 1. The van der Waals surface area contributed by atoms with E-state index in [1.807, 2.05) is 0 Å². The van der Waals surface area contributed by atoms with E-state index in [2.05, 4.69) is 9.71 Å². The highest BCUT2D eigenvalue weighted by atomic mass is 32.2. The summed E-state index contributed by atoms with van der Waals surface area (Å²) in [5, 5.41) is 9.23. The molecule has 1 aromatic heterocycles. The van der Waals surface area contributed by atoms with Crippen LogP contribution in [0.4, 0.5) is 0 Å². The SMILES string of the molecule is Cc1cnc(C(C)NS(=O)(=O)c2cccc(CO)c2C)o1. The molecule has 0 bridgehead atoms. The van der Waals surface area contributed by atoms with Crippen molar-refractivity contribution in [2.75, 3.05) is 0 Å². The summed E-state index contributed by atoms with van der Waals surface area (Å²) in [5.41, 5.74) is 1.11. The van der Waals surface area contributed by atoms with Crippen LogP contribution in [0.5, 0.6) is 0 Å². The van der Waals surface area contributed by atoms with Crippen molar-refractivity contribution >= 4 is 10.0 Å². The van der Waals surface area contributed by atoms with Gasteiger partial charge in [0, 0.05) is 0 Å². The third-order valence-electron chi connectivity index (χ3n) is 3.20. The Morgan fingerprint density at radius 1 is 1.38 bits per heavy atom. The van der Waals surface area contributed by atoms with Gasteiger partial charge in [-0.25, -0.2) is 13.4 Å². The van der Waals surface area contributed by atoms with Crippen LogP contribution in [0.3, 0.4) is 0 Å². The molecule has 2 rings (SSSR count). The number of aliphatic hydroxyl groups is 1. The van der Waals surface area contributed by atoms with E-state index in [4.69, 9.17) is 4.42 Å². The van der Waals surface area contributed by atoms with E-state index in [0.29, 0.717) is 22.8 Å². The zero-order valence-electron chi connectivity index (χ0n) is 12.1. The summed E-state index contributed by atoms with van der Waals surface area (Å²) in [6, 6.07) is 4.22. The molecular formula is C14H18N2O4S. The van der Waals surface area contributed by atoms with Crippen LogP contribution >= 0.6 is 0 Å². The Hall–Kier alpha value is -1.70. The second kappa shape index (κ2) is 5.97. The van der Waals surface area contributed by atoms with E-state index < -0.39 is 16.1 Å². The van der Waals surface area contributed by atoms with E-state index in [9.17, 15) is 13.5 Å². The molecular weight excluding hydrogens is 292 g/mol. The molecule has 7 heteroatoms. The van der Waals surface area contributed by atoms with E-state index in [-0.39, 0.29) is 11.5 Å². The number of nitrogens with one attached hydrogen (secondary N) is 1. The molecule has 2 N–H and O–H groups in total. The Morgan fingerprint density at radius 2 is 2.10 bits per heavy atom. The number of aliphatic hydroxyl groups excluding tert-OH is 1. The highest BCUT2D eigenvalue weighted by Gasteiger charge is 2.23. The molecule has 0 saturated heterocycles. The molecule has 0 saturated carbocycles. The van der Waals surface area contributed by atoms with Gasteiger partial charge in [-0.05, 0) is 38.0 Å². The highest BCUT2D eigenvalue weighted by Crippen LogP contribution is 2.21. The highest BCUT2D eigenvalue weighted by molar-refractivity contribution is 7.89. The van der Waals surface area contributed by atoms with Gasteiger partial charge in [0.05, 0.1) is 23.7 Å². The van der Waals surface area contributed by atoms with Gasteiger partial charge in [-0.2, -0.15) is 4.72 Å². The van der Waals surface area contributed by atoms with Crippen molar-refractivity contribution in [3.8, 4) is 0 Å². The number of rotatable bonds is 5. The lowest BCUT2D eigenvalue weighted by atomic mass is 10.1. The molecule has 0 aliphatic rings. The quantitative estimate of drug-likeness (QED) is 0.879. The maximum absolute atomic E-state index is 12.4. The van der Waals surface area contributed by atoms with Gasteiger partial charge in [-0.1, -0.05) is 12.1 Å². The fraction of sp³-hybridized carbons (Fsp3) is 0.357. The number of hydrogen-bond donors (Lipinski definition) is 2. The van der Waals surface area contributed by atoms with E-state index >= 15 is 0 Å². The summed E-state index contributed by atoms with van der Waals surface area (Å²) >= 11 is 0. The first-order valence-electron chi connectivity index (χ1n) is 6.49. The molecule has 2 aromatic rings. The summed E-state index contributed by atoms with van der Waals surface area (Å²) < 4.78 is 32.8. The minimum atomic E-state index is -3.72. The van der Waals surface area contributed by atoms with E-state index in [0.717, 1.165) is 0 Å². The second-order valence-electron chi connectivity index (χ2n) is 4.85. The third-order valence-corrected chi connectivity index (χ3v) is 4.88. The topological polar surface area (TPSA) is 92.4 Å². The Morgan fingerprint density at radius 3 is 2.67 bits per heavy atom. The van der Waals surface area contributed by atoms with Crippen LogP contribution in [-0.4, -0.2) is 18.5 Å². The van der Waals surface area contributed by atoms with Crippen molar-refractivity contribution in [3.63, 3.8) is 0 Å². The van der Waals surface area contributed by atoms with Crippen molar-refractivity contribution < 1.29 is 17.9 Å². The number of aromatic nitrogens is 1. The molecule has 1 atom stereocenters. The summed E-state index contributed by atoms with van der Waals surface area (Å²) in [4.78, 5) is 4.16. The second-order valence-corrected chi connectivity index (χ2v) is 6.53. The number of sulfonamides is 1. The fourth-order valence-corrected chi connectivity index (χ4v) is 3.53. The first kappa shape index (κ1) is 15.7. The lowest BCUT2D eigenvalue weighted by Crippen LogP contribution is -2.28. The molecule has 6 nitrogen and oxygen atoms in total. The molecule has 0 spiro atoms. The predicted octanol–water partition coefficient (Wildman–Crippen LogP) is 1.82. The Kier molecular flexibility index (Phi) is 4.46. The van der Waals surface area contributed by atoms with Crippen molar-refractivity contribution in [1.82, 2.24) is 9.71 Å². The lowest BCUT2D eigenvalue weighted by Gasteiger charge is -2.14. The molecule has 21 heavy (non-hydrogen) atoms. The van der Waals surface area contributed by atoms with Crippen LogP contribution in [0.2, 0.25) is 0 Å². The molecule has 114 valence electrons. The van der Waals surface area contributed by atoms with E-state index in [1.54, 1.807) is 32.9 Å².